The van der Waals surface area contributed by atoms with Gasteiger partial charge in [0.15, 0.2) is 0 Å². The van der Waals surface area contributed by atoms with Crippen LogP contribution >= 0.6 is 11.6 Å². The summed E-state index contributed by atoms with van der Waals surface area (Å²) >= 11 is 6.40. The fourth-order valence-corrected chi connectivity index (χ4v) is 5.18. The quantitative estimate of drug-likeness (QED) is 0.769. The average molecular weight is 443 g/mol. The van der Waals surface area contributed by atoms with Gasteiger partial charge in [-0.2, -0.15) is 13.7 Å². The molecule has 4 rings (SSSR count). The zero-order chi connectivity index (χ0) is 21.3. The molecule has 9 heteroatoms. The summed E-state index contributed by atoms with van der Waals surface area (Å²) in [5.41, 5.74) is 1.89. The number of hydrogen-bond acceptors (Lipinski definition) is 5. The van der Waals surface area contributed by atoms with Crippen LogP contribution in [0.25, 0.3) is 0 Å². The second kappa shape index (κ2) is 8.09. The summed E-state index contributed by atoms with van der Waals surface area (Å²) in [5, 5.41) is 11.6. The number of rotatable bonds is 3. The summed E-state index contributed by atoms with van der Waals surface area (Å²) in [7, 11) is -3.91. The number of hydrogen-bond donors (Lipinski definition) is 1. The van der Waals surface area contributed by atoms with Gasteiger partial charge in [-0.1, -0.05) is 30.2 Å². The van der Waals surface area contributed by atoms with E-state index in [0.717, 1.165) is 24.8 Å². The van der Waals surface area contributed by atoms with E-state index < -0.39 is 15.9 Å². The maximum absolute atomic E-state index is 12.8. The minimum absolute atomic E-state index is 0.00734. The number of anilines is 2. The van der Waals surface area contributed by atoms with Crippen molar-refractivity contribution in [3.63, 3.8) is 0 Å². The van der Waals surface area contributed by atoms with Crippen molar-refractivity contribution in [2.45, 2.75) is 37.0 Å². The van der Waals surface area contributed by atoms with Crippen molar-refractivity contribution in [3.05, 3.63) is 52.5 Å². The molecule has 30 heavy (non-hydrogen) atoms. The first kappa shape index (κ1) is 20.4. The lowest BCUT2D eigenvalue weighted by atomic mass is 10.1. The zero-order valence-corrected chi connectivity index (χ0v) is 17.6. The monoisotopic (exact) mass is 442 g/mol. The van der Waals surface area contributed by atoms with Crippen molar-refractivity contribution in [2.75, 3.05) is 16.8 Å². The lowest BCUT2D eigenvalue weighted by molar-refractivity contribution is 0.102. The van der Waals surface area contributed by atoms with Crippen LogP contribution < -0.4 is 10.2 Å². The van der Waals surface area contributed by atoms with E-state index >= 15 is 0 Å². The largest absolute Gasteiger partial charge is 0.328 e. The first-order chi connectivity index (χ1) is 14.4. The molecular weight excluding hydrogens is 424 g/mol. The van der Waals surface area contributed by atoms with Crippen LogP contribution in [0.4, 0.5) is 11.4 Å². The van der Waals surface area contributed by atoms with Crippen LogP contribution in [-0.2, 0) is 16.4 Å². The van der Waals surface area contributed by atoms with Crippen molar-refractivity contribution < 1.29 is 13.2 Å². The molecule has 0 atom stereocenters. The third-order valence-electron chi connectivity index (χ3n) is 5.18. The van der Waals surface area contributed by atoms with E-state index in [4.69, 9.17) is 16.9 Å². The molecule has 1 N–H and O–H groups in total. The summed E-state index contributed by atoms with van der Waals surface area (Å²) in [6, 6.07) is 11.8. The van der Waals surface area contributed by atoms with Gasteiger partial charge in [-0.25, -0.2) is 0 Å². The number of nitrogens with zero attached hydrogens (tertiary/aromatic N) is 3. The molecule has 0 saturated carbocycles. The SMILES string of the molecule is N#CCc1ccc(NC(=O)c2cc3c(cc2Cl)N2CCCCCC2=NS3(=O)=O)cc1. The van der Waals surface area contributed by atoms with Crippen molar-refractivity contribution in [1.29, 1.82) is 5.26 Å². The molecule has 0 bridgehead atoms. The van der Waals surface area contributed by atoms with Crippen LogP contribution in [0.15, 0.2) is 45.7 Å². The number of benzene rings is 2. The normalized spacial score (nSPS) is 17.1. The summed E-state index contributed by atoms with van der Waals surface area (Å²) < 4.78 is 29.5. The molecular formula is C21H19ClN4O3S. The Labute approximate surface area is 180 Å². The highest BCUT2D eigenvalue weighted by Crippen LogP contribution is 2.38. The van der Waals surface area contributed by atoms with E-state index in [0.29, 0.717) is 30.2 Å². The van der Waals surface area contributed by atoms with Gasteiger partial charge >= 0.3 is 0 Å². The lowest BCUT2D eigenvalue weighted by Gasteiger charge is -2.30. The highest BCUT2D eigenvalue weighted by atomic mass is 35.5. The van der Waals surface area contributed by atoms with Crippen molar-refractivity contribution in [3.8, 4) is 6.07 Å². The number of amidine groups is 1. The van der Waals surface area contributed by atoms with Crippen molar-refractivity contribution in [2.24, 2.45) is 4.40 Å². The van der Waals surface area contributed by atoms with Gasteiger partial charge < -0.3 is 10.2 Å². The minimum Gasteiger partial charge on any atom is -0.328 e. The Bertz CT molecular complexity index is 1180. The Morgan fingerprint density at radius 2 is 1.97 bits per heavy atom. The maximum atomic E-state index is 12.8. The summed E-state index contributed by atoms with van der Waals surface area (Å²) in [4.78, 5) is 14.7. The van der Waals surface area contributed by atoms with Crippen LogP contribution in [0, 0.1) is 11.3 Å². The summed E-state index contributed by atoms with van der Waals surface area (Å²) in [5.74, 6) is 0.0161. The molecule has 2 heterocycles. The zero-order valence-electron chi connectivity index (χ0n) is 16.1. The first-order valence-electron chi connectivity index (χ1n) is 9.61. The van der Waals surface area contributed by atoms with Gasteiger partial charge in [-0.05, 0) is 42.7 Å². The van der Waals surface area contributed by atoms with E-state index in [1.54, 1.807) is 30.3 Å². The van der Waals surface area contributed by atoms with Gasteiger partial charge in [0.25, 0.3) is 15.9 Å². The number of amides is 1. The molecule has 0 aliphatic carbocycles. The predicted octanol–water partition coefficient (Wildman–Crippen LogP) is 4.14. The molecule has 1 amide bonds. The Morgan fingerprint density at radius 3 is 2.70 bits per heavy atom. The topological polar surface area (TPSA) is 103 Å². The standard InChI is InChI=1S/C21H19ClN4O3S/c22-17-13-18-19(30(28,29)25-20-4-2-1-3-11-26(18)20)12-16(17)21(27)24-15-7-5-14(6-8-15)9-10-23/h5-8,12-13H,1-4,9,11H2,(H,24,27). The van der Waals surface area contributed by atoms with Crippen LogP contribution in [0.3, 0.4) is 0 Å². The van der Waals surface area contributed by atoms with E-state index in [1.807, 2.05) is 4.90 Å². The van der Waals surface area contributed by atoms with Gasteiger partial charge in [0, 0.05) is 18.7 Å². The van der Waals surface area contributed by atoms with E-state index in [1.165, 1.54) is 6.07 Å². The number of nitrogens with one attached hydrogen (secondary N) is 1. The van der Waals surface area contributed by atoms with Gasteiger partial charge in [0.05, 0.1) is 28.8 Å². The highest BCUT2D eigenvalue weighted by molar-refractivity contribution is 7.90. The molecule has 2 aliphatic heterocycles. The molecule has 1 fully saturated rings. The van der Waals surface area contributed by atoms with E-state index in [-0.39, 0.29) is 21.9 Å². The molecule has 0 spiro atoms. The molecule has 1 saturated heterocycles. The molecule has 154 valence electrons. The van der Waals surface area contributed by atoms with Crippen LogP contribution in [0.2, 0.25) is 5.02 Å². The number of carbonyl (C=O) groups is 1. The lowest BCUT2D eigenvalue weighted by Crippen LogP contribution is -2.35. The summed E-state index contributed by atoms with van der Waals surface area (Å²) in [6.07, 6.45) is 3.70. The van der Waals surface area contributed by atoms with Crippen LogP contribution in [-0.4, -0.2) is 26.7 Å². The molecule has 2 aromatic carbocycles. The van der Waals surface area contributed by atoms with Gasteiger partial charge in [-0.15, -0.1) is 4.40 Å². The molecule has 0 unspecified atom stereocenters. The van der Waals surface area contributed by atoms with Crippen molar-refractivity contribution >= 4 is 44.7 Å². The molecule has 0 aromatic heterocycles. The number of halogens is 1. The fourth-order valence-electron chi connectivity index (χ4n) is 3.67. The first-order valence-corrected chi connectivity index (χ1v) is 11.4. The third kappa shape index (κ3) is 3.91. The van der Waals surface area contributed by atoms with Crippen LogP contribution in [0.5, 0.6) is 0 Å². The Hall–Kier alpha value is -2.89. The second-order valence-corrected chi connectivity index (χ2v) is 9.21. The van der Waals surface area contributed by atoms with Gasteiger partial charge in [0.1, 0.15) is 10.7 Å². The summed E-state index contributed by atoms with van der Waals surface area (Å²) in [6.45, 7) is 0.665. The second-order valence-electron chi connectivity index (χ2n) is 7.23. The molecule has 0 radical (unpaired) electrons. The number of carbonyl (C=O) groups excluding carboxylic acids is 1. The van der Waals surface area contributed by atoms with E-state index in [9.17, 15) is 13.2 Å². The number of nitriles is 1. The molecule has 2 aromatic rings. The number of sulfonamides is 1. The predicted molar refractivity (Wildman–Crippen MR) is 116 cm³/mol. The van der Waals surface area contributed by atoms with Gasteiger partial charge in [0.2, 0.25) is 0 Å². The smallest absolute Gasteiger partial charge is 0.286 e. The van der Waals surface area contributed by atoms with E-state index in [2.05, 4.69) is 15.8 Å². The fraction of sp³-hybridized carbons (Fsp3) is 0.286. The Morgan fingerprint density at radius 1 is 1.20 bits per heavy atom. The minimum atomic E-state index is -3.91. The van der Waals surface area contributed by atoms with Crippen LogP contribution in [0.1, 0.15) is 41.6 Å². The maximum Gasteiger partial charge on any atom is 0.286 e. The Kier molecular flexibility index (Phi) is 5.50. The third-order valence-corrected chi connectivity index (χ3v) is 6.82. The number of fused-ring (bicyclic) bond motifs is 3. The average Bonchev–Trinajstić information content (AvgIpc) is 2.94. The van der Waals surface area contributed by atoms with Gasteiger partial charge in [-0.3, -0.25) is 4.79 Å². The van der Waals surface area contributed by atoms with Crippen molar-refractivity contribution in [1.82, 2.24) is 0 Å². The molecule has 2 aliphatic rings. The molecule has 7 nitrogen and oxygen atoms in total. The Balaban J connectivity index is 1.67. The highest BCUT2D eigenvalue weighted by Gasteiger charge is 2.33.